The average Bonchev–Trinajstić information content (AvgIpc) is 2.89. The monoisotopic (exact) mass is 283 g/mol. The van der Waals surface area contributed by atoms with Crippen LogP contribution in [-0.2, 0) is 6.54 Å². The standard InChI is InChI=1S/C15H29N3S/c1-4-14(2)18-11-9-15(17-18)13-16-10-7-5-6-8-12-19-3/h9,11,14,16H,4-8,10,12-13H2,1-3H3. The van der Waals surface area contributed by atoms with Gasteiger partial charge in [-0.25, -0.2) is 0 Å². The SMILES string of the molecule is CCC(C)n1ccc(CNCCCCCCSC)n1. The van der Waals surface area contributed by atoms with E-state index in [0.717, 1.165) is 25.2 Å². The molecule has 0 aromatic carbocycles. The summed E-state index contributed by atoms with van der Waals surface area (Å²) in [5, 5.41) is 8.07. The summed E-state index contributed by atoms with van der Waals surface area (Å²) < 4.78 is 2.07. The van der Waals surface area contributed by atoms with Crippen LogP contribution >= 0.6 is 11.8 Å². The van der Waals surface area contributed by atoms with Gasteiger partial charge in [0.1, 0.15) is 0 Å². The second-order valence-electron chi connectivity index (χ2n) is 5.13. The molecule has 1 atom stereocenters. The highest BCUT2D eigenvalue weighted by Crippen LogP contribution is 2.09. The fraction of sp³-hybridized carbons (Fsp3) is 0.800. The van der Waals surface area contributed by atoms with Gasteiger partial charge < -0.3 is 5.32 Å². The van der Waals surface area contributed by atoms with Gasteiger partial charge in [-0.05, 0) is 50.8 Å². The molecular weight excluding hydrogens is 254 g/mol. The maximum atomic E-state index is 4.59. The molecule has 1 heterocycles. The molecule has 0 fully saturated rings. The largest absolute Gasteiger partial charge is 0.311 e. The van der Waals surface area contributed by atoms with Gasteiger partial charge in [-0.1, -0.05) is 19.8 Å². The van der Waals surface area contributed by atoms with Gasteiger partial charge in [0.2, 0.25) is 0 Å². The first kappa shape index (κ1) is 16.6. The Morgan fingerprint density at radius 3 is 2.84 bits per heavy atom. The summed E-state index contributed by atoms with van der Waals surface area (Å²) >= 11 is 1.95. The van der Waals surface area contributed by atoms with E-state index in [4.69, 9.17) is 0 Å². The summed E-state index contributed by atoms with van der Waals surface area (Å²) in [4.78, 5) is 0. The van der Waals surface area contributed by atoms with Crippen molar-refractivity contribution < 1.29 is 0 Å². The number of thioether (sulfide) groups is 1. The summed E-state index contributed by atoms with van der Waals surface area (Å²) in [7, 11) is 0. The number of nitrogens with zero attached hydrogens (tertiary/aromatic N) is 2. The molecule has 1 rings (SSSR count). The van der Waals surface area contributed by atoms with E-state index in [1.807, 2.05) is 11.8 Å². The quantitative estimate of drug-likeness (QED) is 0.625. The molecule has 19 heavy (non-hydrogen) atoms. The summed E-state index contributed by atoms with van der Waals surface area (Å²) in [5.41, 5.74) is 1.16. The zero-order valence-corrected chi connectivity index (χ0v) is 13.5. The molecule has 0 amide bonds. The van der Waals surface area contributed by atoms with Crippen LogP contribution in [0, 0.1) is 0 Å². The minimum atomic E-state index is 0.505. The predicted molar refractivity (Wildman–Crippen MR) is 85.8 cm³/mol. The molecule has 1 N–H and O–H groups in total. The van der Waals surface area contributed by atoms with Gasteiger partial charge in [0.05, 0.1) is 5.69 Å². The minimum absolute atomic E-state index is 0.505. The van der Waals surface area contributed by atoms with E-state index in [1.165, 1.54) is 31.4 Å². The lowest BCUT2D eigenvalue weighted by atomic mass is 10.2. The first-order chi connectivity index (χ1) is 9.27. The van der Waals surface area contributed by atoms with E-state index >= 15 is 0 Å². The van der Waals surface area contributed by atoms with Gasteiger partial charge in [-0.3, -0.25) is 4.68 Å². The molecule has 0 aliphatic carbocycles. The first-order valence-corrected chi connectivity index (χ1v) is 8.91. The fourth-order valence-corrected chi connectivity index (χ4v) is 2.46. The third-order valence-electron chi connectivity index (χ3n) is 3.46. The Hall–Kier alpha value is -0.480. The second kappa shape index (κ2) is 10.3. The normalized spacial score (nSPS) is 12.8. The third-order valence-corrected chi connectivity index (χ3v) is 4.16. The zero-order chi connectivity index (χ0) is 13.9. The van der Waals surface area contributed by atoms with Crippen LogP contribution in [0.3, 0.4) is 0 Å². The molecule has 1 aromatic rings. The Morgan fingerprint density at radius 2 is 2.11 bits per heavy atom. The molecule has 110 valence electrons. The van der Waals surface area contributed by atoms with E-state index in [-0.39, 0.29) is 0 Å². The number of unbranched alkanes of at least 4 members (excludes halogenated alkanes) is 3. The number of rotatable bonds is 11. The third kappa shape index (κ3) is 7.02. The highest BCUT2D eigenvalue weighted by Gasteiger charge is 2.03. The Labute approximate surface area is 122 Å². The van der Waals surface area contributed by atoms with Crippen LogP contribution in [0.1, 0.15) is 57.7 Å². The van der Waals surface area contributed by atoms with Gasteiger partial charge in [0.15, 0.2) is 0 Å². The minimum Gasteiger partial charge on any atom is -0.311 e. The van der Waals surface area contributed by atoms with Crippen molar-refractivity contribution in [1.82, 2.24) is 15.1 Å². The van der Waals surface area contributed by atoms with Crippen molar-refractivity contribution in [2.75, 3.05) is 18.6 Å². The summed E-state index contributed by atoms with van der Waals surface area (Å²) in [6, 6.07) is 2.63. The molecule has 3 nitrogen and oxygen atoms in total. The van der Waals surface area contributed by atoms with Crippen LogP contribution in [0.2, 0.25) is 0 Å². The van der Waals surface area contributed by atoms with E-state index in [0.29, 0.717) is 6.04 Å². The lowest BCUT2D eigenvalue weighted by Crippen LogP contribution is -2.15. The summed E-state index contributed by atoms with van der Waals surface area (Å²) in [6.07, 6.45) is 10.7. The van der Waals surface area contributed by atoms with Gasteiger partial charge in [-0.15, -0.1) is 0 Å². The van der Waals surface area contributed by atoms with Crippen LogP contribution in [0.15, 0.2) is 12.3 Å². The average molecular weight is 283 g/mol. The maximum Gasteiger partial charge on any atom is 0.0762 e. The lowest BCUT2D eigenvalue weighted by molar-refractivity contribution is 0.471. The molecule has 1 aromatic heterocycles. The molecule has 0 radical (unpaired) electrons. The van der Waals surface area contributed by atoms with E-state index in [2.05, 4.69) is 47.5 Å². The van der Waals surface area contributed by atoms with Crippen LogP contribution < -0.4 is 5.32 Å². The van der Waals surface area contributed by atoms with Gasteiger partial charge in [-0.2, -0.15) is 16.9 Å². The second-order valence-corrected chi connectivity index (χ2v) is 6.11. The van der Waals surface area contributed by atoms with E-state index < -0.39 is 0 Å². The molecule has 0 spiro atoms. The van der Waals surface area contributed by atoms with Crippen molar-refractivity contribution in [1.29, 1.82) is 0 Å². The van der Waals surface area contributed by atoms with Crippen molar-refractivity contribution in [3.63, 3.8) is 0 Å². The predicted octanol–water partition coefficient (Wildman–Crippen LogP) is 3.87. The molecule has 4 heteroatoms. The number of hydrogen-bond acceptors (Lipinski definition) is 3. The summed E-state index contributed by atoms with van der Waals surface area (Å²) in [5.74, 6) is 1.31. The van der Waals surface area contributed by atoms with E-state index in [1.54, 1.807) is 0 Å². The van der Waals surface area contributed by atoms with Crippen LogP contribution in [0.5, 0.6) is 0 Å². The van der Waals surface area contributed by atoms with Crippen molar-refractivity contribution in [2.24, 2.45) is 0 Å². The van der Waals surface area contributed by atoms with Gasteiger partial charge >= 0.3 is 0 Å². The zero-order valence-electron chi connectivity index (χ0n) is 12.7. The molecule has 0 aliphatic rings. The van der Waals surface area contributed by atoms with Crippen LogP contribution in [-0.4, -0.2) is 28.3 Å². The van der Waals surface area contributed by atoms with E-state index in [9.17, 15) is 0 Å². The van der Waals surface area contributed by atoms with Crippen molar-refractivity contribution >= 4 is 11.8 Å². The highest BCUT2D eigenvalue weighted by atomic mass is 32.2. The first-order valence-electron chi connectivity index (χ1n) is 7.51. The van der Waals surface area contributed by atoms with Crippen molar-refractivity contribution in [2.45, 2.75) is 58.5 Å². The number of nitrogens with one attached hydrogen (secondary N) is 1. The summed E-state index contributed by atoms with van der Waals surface area (Å²) in [6.45, 7) is 6.41. The topological polar surface area (TPSA) is 29.9 Å². The van der Waals surface area contributed by atoms with Gasteiger partial charge in [0.25, 0.3) is 0 Å². The van der Waals surface area contributed by atoms with Crippen LogP contribution in [0.25, 0.3) is 0 Å². The smallest absolute Gasteiger partial charge is 0.0762 e. The Bertz CT molecular complexity index is 325. The van der Waals surface area contributed by atoms with Crippen molar-refractivity contribution in [3.8, 4) is 0 Å². The molecule has 0 aliphatic heterocycles. The maximum absolute atomic E-state index is 4.59. The fourth-order valence-electron chi connectivity index (χ4n) is 1.97. The molecule has 0 saturated carbocycles. The highest BCUT2D eigenvalue weighted by molar-refractivity contribution is 7.98. The van der Waals surface area contributed by atoms with Crippen LogP contribution in [0.4, 0.5) is 0 Å². The van der Waals surface area contributed by atoms with Gasteiger partial charge in [0, 0.05) is 18.8 Å². The number of aromatic nitrogens is 2. The molecule has 0 bridgehead atoms. The Kier molecular flexibility index (Phi) is 9.01. The molecule has 0 saturated heterocycles. The lowest BCUT2D eigenvalue weighted by Gasteiger charge is -2.08. The Balaban J connectivity index is 2.04. The number of hydrogen-bond donors (Lipinski definition) is 1. The van der Waals surface area contributed by atoms with Crippen molar-refractivity contribution in [3.05, 3.63) is 18.0 Å². The molecule has 1 unspecified atom stereocenters. The Morgan fingerprint density at radius 1 is 1.32 bits per heavy atom. The molecular formula is C15H29N3S.